The highest BCUT2D eigenvalue weighted by molar-refractivity contribution is 9.11. The zero-order valence-corrected chi connectivity index (χ0v) is 11.6. The zero-order chi connectivity index (χ0) is 13.0. The van der Waals surface area contributed by atoms with Gasteiger partial charge < -0.3 is 10.1 Å². The topological polar surface area (TPSA) is 21.3 Å². The van der Waals surface area contributed by atoms with E-state index in [4.69, 9.17) is 0 Å². The molecule has 0 aliphatic rings. The molecule has 2 nitrogen and oxygen atoms in total. The Labute approximate surface area is 116 Å². The van der Waals surface area contributed by atoms with Gasteiger partial charge in [-0.1, -0.05) is 0 Å². The lowest BCUT2D eigenvalue weighted by Crippen LogP contribution is -2.02. The average molecular weight is 334 g/mol. The van der Waals surface area contributed by atoms with Crippen molar-refractivity contribution in [2.24, 2.45) is 0 Å². The van der Waals surface area contributed by atoms with Gasteiger partial charge in [0.2, 0.25) is 0 Å². The molecule has 6 heteroatoms. The standard InChI is InChI=1S/C12H10BrF2NOS/c13-11-6-5-10(18-11)7-16-8-1-3-9(4-2-8)17-12(14)15/h1-6,12,16H,7H2. The van der Waals surface area contributed by atoms with Crippen molar-refractivity contribution in [1.29, 1.82) is 0 Å². The van der Waals surface area contributed by atoms with Crippen LogP contribution in [0.3, 0.4) is 0 Å². The van der Waals surface area contributed by atoms with E-state index in [2.05, 4.69) is 26.0 Å². The Morgan fingerprint density at radius 3 is 2.44 bits per heavy atom. The molecular weight excluding hydrogens is 324 g/mol. The molecule has 0 radical (unpaired) electrons. The van der Waals surface area contributed by atoms with Crippen molar-refractivity contribution >= 4 is 33.0 Å². The number of alkyl halides is 2. The fraction of sp³-hybridized carbons (Fsp3) is 0.167. The number of ether oxygens (including phenoxy) is 1. The Bertz CT molecular complexity index is 501. The van der Waals surface area contributed by atoms with Crippen LogP contribution in [0.5, 0.6) is 5.75 Å². The van der Waals surface area contributed by atoms with Crippen LogP contribution in [0.4, 0.5) is 14.5 Å². The van der Waals surface area contributed by atoms with E-state index in [0.29, 0.717) is 6.54 Å². The number of halogens is 3. The summed E-state index contributed by atoms with van der Waals surface area (Å²) < 4.78 is 29.3. The predicted molar refractivity (Wildman–Crippen MR) is 72.4 cm³/mol. The fourth-order valence-corrected chi connectivity index (χ4v) is 2.81. The van der Waals surface area contributed by atoms with E-state index < -0.39 is 6.61 Å². The summed E-state index contributed by atoms with van der Waals surface area (Å²) in [6.45, 7) is -2.09. The molecule has 1 aromatic carbocycles. The first-order valence-corrected chi connectivity index (χ1v) is 6.77. The maximum Gasteiger partial charge on any atom is 0.387 e. The first-order valence-electron chi connectivity index (χ1n) is 5.16. The Balaban J connectivity index is 1.90. The van der Waals surface area contributed by atoms with E-state index in [1.807, 2.05) is 12.1 Å². The van der Waals surface area contributed by atoms with Crippen LogP contribution < -0.4 is 10.1 Å². The number of nitrogens with one attached hydrogen (secondary N) is 1. The van der Waals surface area contributed by atoms with Gasteiger partial charge in [-0.05, 0) is 52.3 Å². The molecule has 2 rings (SSSR count). The largest absolute Gasteiger partial charge is 0.435 e. The van der Waals surface area contributed by atoms with E-state index >= 15 is 0 Å². The van der Waals surface area contributed by atoms with E-state index in [1.54, 1.807) is 23.5 Å². The van der Waals surface area contributed by atoms with E-state index in [0.717, 1.165) is 9.47 Å². The van der Waals surface area contributed by atoms with Crippen molar-refractivity contribution < 1.29 is 13.5 Å². The minimum absolute atomic E-state index is 0.161. The lowest BCUT2D eigenvalue weighted by molar-refractivity contribution is -0.0498. The van der Waals surface area contributed by atoms with Crippen molar-refractivity contribution in [3.05, 3.63) is 45.1 Å². The van der Waals surface area contributed by atoms with Gasteiger partial charge in [0.1, 0.15) is 5.75 Å². The third-order valence-corrected chi connectivity index (χ3v) is 3.80. The summed E-state index contributed by atoms with van der Waals surface area (Å²) in [6, 6.07) is 10.5. The molecule has 0 spiro atoms. The minimum Gasteiger partial charge on any atom is -0.435 e. The Kier molecular flexibility index (Phi) is 4.54. The summed E-state index contributed by atoms with van der Waals surface area (Å²) in [5, 5.41) is 3.20. The number of rotatable bonds is 5. The Morgan fingerprint density at radius 2 is 1.89 bits per heavy atom. The summed E-state index contributed by atoms with van der Waals surface area (Å²) >= 11 is 5.04. The highest BCUT2D eigenvalue weighted by Gasteiger charge is 2.03. The second kappa shape index (κ2) is 6.15. The molecule has 1 N–H and O–H groups in total. The Morgan fingerprint density at radius 1 is 1.17 bits per heavy atom. The molecule has 0 amide bonds. The first kappa shape index (κ1) is 13.3. The molecule has 0 fully saturated rings. The lowest BCUT2D eigenvalue weighted by Gasteiger charge is -2.07. The van der Waals surface area contributed by atoms with Crippen LogP contribution in [-0.4, -0.2) is 6.61 Å². The van der Waals surface area contributed by atoms with Gasteiger partial charge >= 0.3 is 6.61 Å². The zero-order valence-electron chi connectivity index (χ0n) is 9.20. The smallest absolute Gasteiger partial charge is 0.387 e. The van der Waals surface area contributed by atoms with Gasteiger partial charge in [-0.2, -0.15) is 8.78 Å². The quantitative estimate of drug-likeness (QED) is 0.854. The highest BCUT2D eigenvalue weighted by atomic mass is 79.9. The average Bonchev–Trinajstić information content (AvgIpc) is 2.74. The van der Waals surface area contributed by atoms with Crippen molar-refractivity contribution in [2.45, 2.75) is 13.2 Å². The summed E-state index contributed by atoms with van der Waals surface area (Å²) in [5.74, 6) is 0.161. The molecular formula is C12H10BrF2NOS. The number of anilines is 1. The van der Waals surface area contributed by atoms with Crippen molar-refractivity contribution in [1.82, 2.24) is 0 Å². The van der Waals surface area contributed by atoms with Gasteiger partial charge in [0.05, 0.1) is 3.79 Å². The molecule has 0 atom stereocenters. The number of hydrogen-bond acceptors (Lipinski definition) is 3. The lowest BCUT2D eigenvalue weighted by atomic mass is 10.3. The Hall–Kier alpha value is -1.14. The highest BCUT2D eigenvalue weighted by Crippen LogP contribution is 2.23. The molecule has 1 aromatic heterocycles. The van der Waals surface area contributed by atoms with Crippen LogP contribution >= 0.6 is 27.3 Å². The summed E-state index contributed by atoms with van der Waals surface area (Å²) in [4.78, 5) is 1.19. The minimum atomic E-state index is -2.78. The summed E-state index contributed by atoms with van der Waals surface area (Å²) in [6.07, 6.45) is 0. The summed E-state index contributed by atoms with van der Waals surface area (Å²) in [5.41, 5.74) is 0.862. The van der Waals surface area contributed by atoms with E-state index in [-0.39, 0.29) is 5.75 Å². The number of thiophene rings is 1. The van der Waals surface area contributed by atoms with Gasteiger partial charge in [0.25, 0.3) is 0 Å². The van der Waals surface area contributed by atoms with Crippen molar-refractivity contribution in [3.63, 3.8) is 0 Å². The molecule has 0 saturated carbocycles. The molecule has 18 heavy (non-hydrogen) atoms. The van der Waals surface area contributed by atoms with Crippen LogP contribution in [0.25, 0.3) is 0 Å². The van der Waals surface area contributed by atoms with Crippen LogP contribution in [0, 0.1) is 0 Å². The van der Waals surface area contributed by atoms with Gasteiger partial charge in [-0.25, -0.2) is 0 Å². The van der Waals surface area contributed by atoms with E-state index in [1.165, 1.54) is 17.0 Å². The molecule has 0 unspecified atom stereocenters. The monoisotopic (exact) mass is 333 g/mol. The van der Waals surface area contributed by atoms with Crippen LogP contribution in [0.2, 0.25) is 0 Å². The normalized spacial score (nSPS) is 10.7. The van der Waals surface area contributed by atoms with Crippen LogP contribution in [-0.2, 0) is 6.54 Å². The third-order valence-electron chi connectivity index (χ3n) is 2.18. The molecule has 2 aromatic rings. The maximum absolute atomic E-state index is 12.0. The first-order chi connectivity index (χ1) is 8.63. The van der Waals surface area contributed by atoms with Gasteiger partial charge in [0, 0.05) is 17.1 Å². The molecule has 0 bridgehead atoms. The third kappa shape index (κ3) is 3.96. The molecule has 0 aliphatic heterocycles. The molecule has 0 saturated heterocycles. The molecule has 1 heterocycles. The SMILES string of the molecule is FC(F)Oc1ccc(NCc2ccc(Br)s2)cc1. The molecule has 96 valence electrons. The second-order valence-corrected chi connectivity index (χ2v) is 6.01. The van der Waals surface area contributed by atoms with E-state index in [9.17, 15) is 8.78 Å². The molecule has 0 aliphatic carbocycles. The summed E-state index contributed by atoms with van der Waals surface area (Å²) in [7, 11) is 0. The van der Waals surface area contributed by atoms with Gasteiger partial charge in [-0.15, -0.1) is 11.3 Å². The van der Waals surface area contributed by atoms with Crippen molar-refractivity contribution in [2.75, 3.05) is 5.32 Å². The number of hydrogen-bond donors (Lipinski definition) is 1. The number of benzene rings is 1. The second-order valence-electron chi connectivity index (χ2n) is 3.46. The van der Waals surface area contributed by atoms with Crippen LogP contribution in [0.15, 0.2) is 40.2 Å². The predicted octanol–water partition coefficient (Wildman–Crippen LogP) is 4.72. The van der Waals surface area contributed by atoms with Crippen molar-refractivity contribution in [3.8, 4) is 5.75 Å². The fourth-order valence-electron chi connectivity index (χ4n) is 1.39. The maximum atomic E-state index is 12.0. The van der Waals surface area contributed by atoms with Gasteiger partial charge in [-0.3, -0.25) is 0 Å². The van der Waals surface area contributed by atoms with Crippen LogP contribution in [0.1, 0.15) is 4.88 Å². The van der Waals surface area contributed by atoms with Gasteiger partial charge in [0.15, 0.2) is 0 Å².